The molecule has 0 unspecified atom stereocenters. The number of benzene rings is 2. The zero-order valence-corrected chi connectivity index (χ0v) is 10.8. The summed E-state index contributed by atoms with van der Waals surface area (Å²) >= 11 is 6.08. The Bertz CT molecular complexity index is 543. The van der Waals surface area contributed by atoms with E-state index in [1.807, 2.05) is 36.4 Å². The van der Waals surface area contributed by atoms with Crippen LogP contribution in [0.1, 0.15) is 5.56 Å². The maximum Gasteiger partial charge on any atom is 0.169 e. The van der Waals surface area contributed by atoms with Crippen LogP contribution >= 0.6 is 11.6 Å². The van der Waals surface area contributed by atoms with Gasteiger partial charge in [-0.3, -0.25) is 0 Å². The van der Waals surface area contributed by atoms with Crippen LogP contribution in [-0.2, 0) is 6.54 Å². The Morgan fingerprint density at radius 3 is 2.33 bits per heavy atom. The van der Waals surface area contributed by atoms with Crippen LogP contribution in [0.25, 0.3) is 0 Å². The average Bonchev–Trinajstić information content (AvgIpc) is 2.40. The zero-order chi connectivity index (χ0) is 13.0. The predicted octanol–water partition coefficient (Wildman–Crippen LogP) is 3.60. The Kier molecular flexibility index (Phi) is 4.07. The van der Waals surface area contributed by atoms with Crippen LogP contribution in [0.15, 0.2) is 42.5 Å². The lowest BCUT2D eigenvalue weighted by Gasteiger charge is -2.13. The number of hydrogen-bond acceptors (Lipinski definition) is 3. The van der Waals surface area contributed by atoms with Crippen molar-refractivity contribution in [3.05, 3.63) is 53.1 Å². The van der Waals surface area contributed by atoms with Crippen molar-refractivity contribution in [2.45, 2.75) is 6.54 Å². The molecule has 94 valence electrons. The first-order chi connectivity index (χ1) is 8.76. The number of para-hydroxylation sites is 2. The smallest absolute Gasteiger partial charge is 0.169 e. The lowest BCUT2D eigenvalue weighted by Crippen LogP contribution is -2.00. The van der Waals surface area contributed by atoms with Crippen molar-refractivity contribution in [3.63, 3.8) is 0 Å². The minimum atomic E-state index is 0.324. The quantitative estimate of drug-likeness (QED) is 0.917. The molecule has 0 aliphatic carbocycles. The van der Waals surface area contributed by atoms with E-state index >= 15 is 0 Å². The number of hydrogen-bond donors (Lipinski definition) is 1. The van der Waals surface area contributed by atoms with Crippen LogP contribution in [0.3, 0.4) is 0 Å². The molecule has 0 bridgehead atoms. The summed E-state index contributed by atoms with van der Waals surface area (Å²) in [6, 6.07) is 12.9. The maximum absolute atomic E-state index is 6.08. The molecule has 0 radical (unpaired) electrons. The summed E-state index contributed by atoms with van der Waals surface area (Å²) in [6.07, 6.45) is 0. The first-order valence-electron chi connectivity index (χ1n) is 5.54. The van der Waals surface area contributed by atoms with Crippen molar-refractivity contribution in [1.29, 1.82) is 0 Å². The van der Waals surface area contributed by atoms with Crippen molar-refractivity contribution in [3.8, 4) is 17.2 Å². The molecule has 0 atom stereocenters. The fourth-order valence-electron chi connectivity index (χ4n) is 1.65. The highest BCUT2D eigenvalue weighted by Crippen LogP contribution is 2.34. The average molecular weight is 264 g/mol. The lowest BCUT2D eigenvalue weighted by molar-refractivity contribution is 0.377. The van der Waals surface area contributed by atoms with Crippen LogP contribution in [-0.4, -0.2) is 7.11 Å². The molecule has 0 fully saturated rings. The minimum absolute atomic E-state index is 0.324. The zero-order valence-electron chi connectivity index (χ0n) is 10.0. The third-order valence-corrected chi connectivity index (χ3v) is 2.92. The summed E-state index contributed by atoms with van der Waals surface area (Å²) in [5.41, 5.74) is 6.46. The van der Waals surface area contributed by atoms with Gasteiger partial charge in [0.05, 0.1) is 7.11 Å². The minimum Gasteiger partial charge on any atom is -0.493 e. The van der Waals surface area contributed by atoms with E-state index in [-0.39, 0.29) is 0 Å². The van der Waals surface area contributed by atoms with Crippen molar-refractivity contribution >= 4 is 11.6 Å². The van der Waals surface area contributed by atoms with E-state index in [0.29, 0.717) is 28.8 Å². The first kappa shape index (κ1) is 12.7. The van der Waals surface area contributed by atoms with Crippen LogP contribution in [0, 0.1) is 0 Å². The molecular formula is C14H14ClNO2. The summed E-state index contributed by atoms with van der Waals surface area (Å²) in [6.45, 7) is 0.324. The standard InChI is InChI=1S/C14H14ClNO2/c1-17-13-6-2-3-7-14(13)18-12-8-4-5-11(15)10(12)9-16/h2-8H,9,16H2,1H3. The van der Waals surface area contributed by atoms with Crippen LogP contribution in [0.2, 0.25) is 5.02 Å². The summed E-state index contributed by atoms with van der Waals surface area (Å²) in [7, 11) is 1.60. The molecule has 0 aliphatic heterocycles. The summed E-state index contributed by atoms with van der Waals surface area (Å²) in [4.78, 5) is 0. The Hall–Kier alpha value is -1.71. The Balaban J connectivity index is 2.37. The highest BCUT2D eigenvalue weighted by Gasteiger charge is 2.10. The highest BCUT2D eigenvalue weighted by molar-refractivity contribution is 6.31. The molecular weight excluding hydrogens is 250 g/mol. The summed E-state index contributed by atoms with van der Waals surface area (Å²) in [5, 5.41) is 0.602. The van der Waals surface area contributed by atoms with Gasteiger partial charge in [0.15, 0.2) is 11.5 Å². The largest absolute Gasteiger partial charge is 0.493 e. The van der Waals surface area contributed by atoms with Gasteiger partial charge in [-0.2, -0.15) is 0 Å². The summed E-state index contributed by atoms with van der Waals surface area (Å²) < 4.78 is 11.0. The van der Waals surface area contributed by atoms with E-state index in [9.17, 15) is 0 Å². The number of methoxy groups -OCH3 is 1. The fourth-order valence-corrected chi connectivity index (χ4v) is 1.90. The third kappa shape index (κ3) is 2.58. The second kappa shape index (κ2) is 5.76. The Morgan fingerprint density at radius 2 is 1.67 bits per heavy atom. The van der Waals surface area contributed by atoms with Crippen molar-refractivity contribution < 1.29 is 9.47 Å². The number of halogens is 1. The van der Waals surface area contributed by atoms with Crippen LogP contribution in [0.4, 0.5) is 0 Å². The molecule has 0 aliphatic rings. The molecule has 18 heavy (non-hydrogen) atoms. The van der Waals surface area contributed by atoms with Gasteiger partial charge in [0.1, 0.15) is 5.75 Å². The normalized spacial score (nSPS) is 10.2. The Morgan fingerprint density at radius 1 is 1.00 bits per heavy atom. The Labute approximate surface area is 111 Å². The van der Waals surface area contributed by atoms with E-state index < -0.39 is 0 Å². The molecule has 0 saturated carbocycles. The SMILES string of the molecule is COc1ccccc1Oc1cccc(Cl)c1CN. The van der Waals surface area contributed by atoms with Gasteiger partial charge in [-0.25, -0.2) is 0 Å². The molecule has 4 heteroatoms. The summed E-state index contributed by atoms with van der Waals surface area (Å²) in [5.74, 6) is 1.95. The van der Waals surface area contributed by atoms with Crippen LogP contribution in [0.5, 0.6) is 17.2 Å². The topological polar surface area (TPSA) is 44.5 Å². The number of ether oxygens (including phenoxy) is 2. The number of rotatable bonds is 4. The van der Waals surface area contributed by atoms with E-state index in [1.54, 1.807) is 13.2 Å². The fraction of sp³-hybridized carbons (Fsp3) is 0.143. The lowest BCUT2D eigenvalue weighted by atomic mass is 10.2. The second-order valence-electron chi connectivity index (χ2n) is 3.67. The van der Waals surface area contributed by atoms with Gasteiger partial charge in [-0.15, -0.1) is 0 Å². The van der Waals surface area contributed by atoms with Gasteiger partial charge >= 0.3 is 0 Å². The van der Waals surface area contributed by atoms with E-state index in [1.165, 1.54) is 0 Å². The van der Waals surface area contributed by atoms with E-state index in [2.05, 4.69) is 0 Å². The van der Waals surface area contributed by atoms with Gasteiger partial charge in [-0.1, -0.05) is 29.8 Å². The van der Waals surface area contributed by atoms with Crippen molar-refractivity contribution in [2.24, 2.45) is 5.73 Å². The van der Waals surface area contributed by atoms with Gasteiger partial charge in [0.2, 0.25) is 0 Å². The van der Waals surface area contributed by atoms with Gasteiger partial charge < -0.3 is 15.2 Å². The van der Waals surface area contributed by atoms with Gasteiger partial charge in [-0.05, 0) is 24.3 Å². The molecule has 2 aromatic rings. The van der Waals surface area contributed by atoms with Gasteiger partial charge in [0, 0.05) is 17.1 Å². The maximum atomic E-state index is 6.08. The van der Waals surface area contributed by atoms with E-state index in [4.69, 9.17) is 26.8 Å². The van der Waals surface area contributed by atoms with Crippen molar-refractivity contribution in [1.82, 2.24) is 0 Å². The van der Waals surface area contributed by atoms with E-state index in [0.717, 1.165) is 5.56 Å². The predicted molar refractivity (Wildman–Crippen MR) is 72.4 cm³/mol. The monoisotopic (exact) mass is 263 g/mol. The second-order valence-corrected chi connectivity index (χ2v) is 4.08. The molecule has 0 aromatic heterocycles. The molecule has 2 rings (SSSR count). The number of nitrogens with two attached hydrogens (primary N) is 1. The molecule has 2 N–H and O–H groups in total. The molecule has 0 heterocycles. The molecule has 0 amide bonds. The molecule has 0 spiro atoms. The third-order valence-electron chi connectivity index (χ3n) is 2.57. The molecule has 2 aromatic carbocycles. The first-order valence-corrected chi connectivity index (χ1v) is 5.92. The van der Waals surface area contributed by atoms with Crippen LogP contribution < -0.4 is 15.2 Å². The van der Waals surface area contributed by atoms with Gasteiger partial charge in [0.25, 0.3) is 0 Å². The molecule has 0 saturated heterocycles. The highest BCUT2D eigenvalue weighted by atomic mass is 35.5. The molecule has 3 nitrogen and oxygen atoms in total. The van der Waals surface area contributed by atoms with Crippen molar-refractivity contribution in [2.75, 3.05) is 7.11 Å².